The molecular weight excluding hydrogens is 284 g/mol. The van der Waals surface area contributed by atoms with Crippen LogP contribution in [0.2, 0.25) is 0 Å². The highest BCUT2D eigenvalue weighted by atomic mass is 32.2. The number of rotatable bonds is 5. The van der Waals surface area contributed by atoms with Crippen LogP contribution in [-0.4, -0.2) is 45.3 Å². The van der Waals surface area contributed by atoms with E-state index in [9.17, 15) is 0 Å². The summed E-state index contributed by atoms with van der Waals surface area (Å²) in [6.45, 7) is 1.62. The minimum absolute atomic E-state index is 0.111. The van der Waals surface area contributed by atoms with E-state index in [0.29, 0.717) is 6.04 Å². The second-order valence-corrected chi connectivity index (χ2v) is 7.45. The molecule has 2 aliphatic heterocycles. The summed E-state index contributed by atoms with van der Waals surface area (Å²) < 4.78 is 8.24. The SMILES string of the molecule is NCCCCc1cn(C2CCOC3(CCSCC3)C2)nn1. The van der Waals surface area contributed by atoms with Gasteiger partial charge in [0, 0.05) is 12.8 Å². The van der Waals surface area contributed by atoms with Crippen molar-refractivity contribution in [1.82, 2.24) is 15.0 Å². The minimum Gasteiger partial charge on any atom is -0.375 e. The largest absolute Gasteiger partial charge is 0.375 e. The summed E-state index contributed by atoms with van der Waals surface area (Å²) in [5.74, 6) is 2.46. The van der Waals surface area contributed by atoms with E-state index in [-0.39, 0.29) is 5.60 Å². The average molecular weight is 310 g/mol. The van der Waals surface area contributed by atoms with Gasteiger partial charge in [-0.3, -0.25) is 0 Å². The van der Waals surface area contributed by atoms with E-state index < -0.39 is 0 Å². The Hall–Kier alpha value is -0.590. The van der Waals surface area contributed by atoms with Crippen molar-refractivity contribution in [3.8, 4) is 0 Å². The quantitative estimate of drug-likeness (QED) is 0.844. The highest BCUT2D eigenvalue weighted by Gasteiger charge is 2.39. The van der Waals surface area contributed by atoms with Crippen molar-refractivity contribution in [1.29, 1.82) is 0 Å². The lowest BCUT2D eigenvalue weighted by atomic mass is 9.85. The normalized spacial score (nSPS) is 25.3. The molecule has 0 aromatic carbocycles. The maximum Gasteiger partial charge on any atom is 0.0827 e. The van der Waals surface area contributed by atoms with Gasteiger partial charge in [0.2, 0.25) is 0 Å². The molecule has 3 rings (SSSR count). The Bertz CT molecular complexity index is 439. The van der Waals surface area contributed by atoms with E-state index in [1.807, 2.05) is 11.8 Å². The fourth-order valence-corrected chi connectivity index (χ4v) is 4.61. The van der Waals surface area contributed by atoms with Gasteiger partial charge in [-0.05, 0) is 63.0 Å². The first-order valence-corrected chi connectivity index (χ1v) is 9.29. The summed E-state index contributed by atoms with van der Waals surface area (Å²) in [5, 5.41) is 8.70. The van der Waals surface area contributed by atoms with Gasteiger partial charge in [0.25, 0.3) is 0 Å². The van der Waals surface area contributed by atoms with E-state index in [1.165, 1.54) is 24.3 Å². The first kappa shape index (κ1) is 15.3. The molecule has 1 aromatic rings. The van der Waals surface area contributed by atoms with Crippen LogP contribution in [0, 0.1) is 0 Å². The van der Waals surface area contributed by atoms with Gasteiger partial charge in [0.15, 0.2) is 0 Å². The number of nitrogens with zero attached hydrogens (tertiary/aromatic N) is 3. The van der Waals surface area contributed by atoms with Crippen LogP contribution in [0.25, 0.3) is 0 Å². The number of aryl methyl sites for hydroxylation is 1. The van der Waals surface area contributed by atoms with E-state index in [4.69, 9.17) is 10.5 Å². The summed E-state index contributed by atoms with van der Waals surface area (Å²) in [6, 6.07) is 0.456. The second-order valence-electron chi connectivity index (χ2n) is 6.23. The molecule has 2 N–H and O–H groups in total. The van der Waals surface area contributed by atoms with E-state index >= 15 is 0 Å². The molecule has 2 saturated heterocycles. The molecule has 21 heavy (non-hydrogen) atoms. The summed E-state index contributed by atoms with van der Waals surface area (Å²) >= 11 is 2.05. The van der Waals surface area contributed by atoms with Crippen molar-refractivity contribution in [2.75, 3.05) is 24.7 Å². The number of hydrogen-bond acceptors (Lipinski definition) is 5. The maximum atomic E-state index is 6.16. The molecule has 1 spiro atoms. The Labute approximate surface area is 131 Å². The monoisotopic (exact) mass is 310 g/mol. The number of ether oxygens (including phenoxy) is 1. The standard InChI is InChI=1S/C15H26N4OS/c16-7-2-1-3-13-12-19(18-17-13)14-4-8-20-15(11-14)5-9-21-10-6-15/h12,14H,1-11,16H2. The molecule has 0 aliphatic carbocycles. The summed E-state index contributed by atoms with van der Waals surface area (Å²) in [7, 11) is 0. The lowest BCUT2D eigenvalue weighted by molar-refractivity contribution is -0.100. The Morgan fingerprint density at radius 2 is 2.24 bits per heavy atom. The molecule has 3 heterocycles. The van der Waals surface area contributed by atoms with Crippen molar-refractivity contribution in [2.24, 2.45) is 5.73 Å². The van der Waals surface area contributed by atoms with Gasteiger partial charge in [-0.2, -0.15) is 11.8 Å². The lowest BCUT2D eigenvalue weighted by Gasteiger charge is -2.43. The van der Waals surface area contributed by atoms with Crippen LogP contribution in [0.4, 0.5) is 0 Å². The molecule has 0 radical (unpaired) electrons. The molecule has 1 atom stereocenters. The van der Waals surface area contributed by atoms with Gasteiger partial charge in [0.1, 0.15) is 0 Å². The van der Waals surface area contributed by atoms with E-state index in [1.54, 1.807) is 0 Å². The molecule has 0 amide bonds. The van der Waals surface area contributed by atoms with Crippen LogP contribution < -0.4 is 5.73 Å². The van der Waals surface area contributed by atoms with Crippen LogP contribution in [0.15, 0.2) is 6.20 Å². The fraction of sp³-hybridized carbons (Fsp3) is 0.867. The van der Waals surface area contributed by atoms with Gasteiger partial charge in [-0.15, -0.1) is 5.10 Å². The number of hydrogen-bond donors (Lipinski definition) is 1. The zero-order valence-corrected chi connectivity index (χ0v) is 13.5. The number of aromatic nitrogens is 3. The Morgan fingerprint density at radius 3 is 3.05 bits per heavy atom. The molecule has 2 aliphatic rings. The third-order valence-corrected chi connectivity index (χ3v) is 5.68. The van der Waals surface area contributed by atoms with Crippen LogP contribution >= 0.6 is 11.8 Å². The summed E-state index contributed by atoms with van der Waals surface area (Å²) in [4.78, 5) is 0. The molecule has 6 heteroatoms. The topological polar surface area (TPSA) is 66.0 Å². The third-order valence-electron chi connectivity index (χ3n) is 4.69. The number of nitrogens with two attached hydrogens (primary N) is 1. The molecular formula is C15H26N4OS. The smallest absolute Gasteiger partial charge is 0.0827 e. The molecule has 118 valence electrons. The van der Waals surface area contributed by atoms with Crippen molar-refractivity contribution < 1.29 is 4.74 Å². The molecule has 5 nitrogen and oxygen atoms in total. The summed E-state index contributed by atoms with van der Waals surface area (Å²) in [6.07, 6.45) is 9.81. The van der Waals surface area contributed by atoms with Crippen molar-refractivity contribution in [3.63, 3.8) is 0 Å². The lowest BCUT2D eigenvalue weighted by Crippen LogP contribution is -2.43. The molecule has 2 fully saturated rings. The minimum atomic E-state index is 0.111. The Morgan fingerprint density at radius 1 is 1.38 bits per heavy atom. The van der Waals surface area contributed by atoms with Crippen LogP contribution in [0.3, 0.4) is 0 Å². The van der Waals surface area contributed by atoms with Gasteiger partial charge in [-0.1, -0.05) is 5.21 Å². The van der Waals surface area contributed by atoms with Crippen LogP contribution in [-0.2, 0) is 11.2 Å². The predicted octanol–water partition coefficient (Wildman–Crippen LogP) is 2.18. The zero-order chi connectivity index (χ0) is 14.5. The highest BCUT2D eigenvalue weighted by molar-refractivity contribution is 7.99. The fourth-order valence-electron chi connectivity index (χ4n) is 3.38. The third kappa shape index (κ3) is 3.79. The number of thioether (sulfide) groups is 1. The van der Waals surface area contributed by atoms with Gasteiger partial charge in [-0.25, -0.2) is 4.68 Å². The Kier molecular flexibility index (Phi) is 5.19. The van der Waals surface area contributed by atoms with Crippen LogP contribution in [0.1, 0.15) is 50.3 Å². The molecule has 0 bridgehead atoms. The highest BCUT2D eigenvalue weighted by Crippen LogP contribution is 2.41. The maximum absolute atomic E-state index is 6.16. The predicted molar refractivity (Wildman–Crippen MR) is 85.5 cm³/mol. The summed E-state index contributed by atoms with van der Waals surface area (Å²) in [5.41, 5.74) is 6.75. The first-order chi connectivity index (χ1) is 10.3. The van der Waals surface area contributed by atoms with Crippen molar-refractivity contribution >= 4 is 11.8 Å². The van der Waals surface area contributed by atoms with Crippen molar-refractivity contribution in [2.45, 2.75) is 56.6 Å². The van der Waals surface area contributed by atoms with Gasteiger partial charge in [0.05, 0.1) is 17.3 Å². The van der Waals surface area contributed by atoms with Gasteiger partial charge >= 0.3 is 0 Å². The Balaban J connectivity index is 1.60. The average Bonchev–Trinajstić information content (AvgIpc) is 2.97. The zero-order valence-electron chi connectivity index (χ0n) is 12.7. The van der Waals surface area contributed by atoms with Gasteiger partial charge < -0.3 is 10.5 Å². The molecule has 1 aromatic heterocycles. The molecule has 0 saturated carbocycles. The van der Waals surface area contributed by atoms with E-state index in [2.05, 4.69) is 21.2 Å². The first-order valence-electron chi connectivity index (χ1n) is 8.14. The van der Waals surface area contributed by atoms with E-state index in [0.717, 1.165) is 50.9 Å². The molecule has 1 unspecified atom stereocenters. The number of unbranched alkanes of at least 4 members (excludes halogenated alkanes) is 1. The van der Waals surface area contributed by atoms with Crippen molar-refractivity contribution in [3.05, 3.63) is 11.9 Å². The van der Waals surface area contributed by atoms with Crippen LogP contribution in [0.5, 0.6) is 0 Å². The second kappa shape index (κ2) is 7.11.